The molecule has 2 aromatic heterocycles. The topological polar surface area (TPSA) is 167 Å². The molecular weight excluding hydrogens is 789 g/mol. The normalized spacial score (nSPS) is 16.3. The molecule has 0 saturated carbocycles. The molecule has 4 aromatic carbocycles. The third-order valence-electron chi connectivity index (χ3n) is 10.9. The maximum atomic E-state index is 12.1. The molecule has 2 aliphatic carbocycles. The van der Waals surface area contributed by atoms with Crippen molar-refractivity contribution < 1.29 is 33.2 Å². The van der Waals surface area contributed by atoms with Crippen LogP contribution in [0.2, 0.25) is 0 Å². The minimum atomic E-state index is -0.254. The summed E-state index contributed by atoms with van der Waals surface area (Å²) >= 11 is 0. The van der Waals surface area contributed by atoms with E-state index in [-0.39, 0.29) is 37.0 Å². The highest BCUT2D eigenvalue weighted by Crippen LogP contribution is 2.42. The summed E-state index contributed by atoms with van der Waals surface area (Å²) in [5, 5.41) is 20.9. The Hall–Kier alpha value is -7.07. The van der Waals surface area contributed by atoms with E-state index in [0.717, 1.165) is 47.9 Å². The zero-order valence-corrected chi connectivity index (χ0v) is 34.9. The van der Waals surface area contributed by atoms with Crippen LogP contribution in [0.3, 0.4) is 0 Å². The van der Waals surface area contributed by atoms with Gasteiger partial charge < -0.3 is 33.7 Å². The van der Waals surface area contributed by atoms with E-state index < -0.39 is 0 Å². The molecule has 2 N–H and O–H groups in total. The average Bonchev–Trinajstić information content (AvgIpc) is 4.14. The Labute approximate surface area is 359 Å². The zero-order chi connectivity index (χ0) is 43.3. The van der Waals surface area contributed by atoms with E-state index in [1.807, 2.05) is 64.1 Å². The van der Waals surface area contributed by atoms with E-state index in [2.05, 4.69) is 47.4 Å². The number of amides is 1. The number of aliphatic hydroxyl groups excluding tert-OH is 1. The third-order valence-corrected chi connectivity index (χ3v) is 10.9. The lowest BCUT2D eigenvalue weighted by atomic mass is 10.0. The number of carbonyl (C=O) groups excluding carboxylic acids is 1. The number of nitrogens with one attached hydrogen (secondary N) is 1. The first-order valence-electron chi connectivity index (χ1n) is 20.7. The summed E-state index contributed by atoms with van der Waals surface area (Å²) in [6.07, 6.45) is 3.27. The molecule has 0 spiro atoms. The van der Waals surface area contributed by atoms with Crippen molar-refractivity contribution in [3.63, 3.8) is 0 Å². The first kappa shape index (κ1) is 41.7. The third kappa shape index (κ3) is 8.59. The van der Waals surface area contributed by atoms with Crippen LogP contribution in [0.15, 0.2) is 81.8 Å². The lowest BCUT2D eigenvalue weighted by Gasteiger charge is -2.22. The van der Waals surface area contributed by atoms with Crippen molar-refractivity contribution in [3.05, 3.63) is 118 Å². The van der Waals surface area contributed by atoms with Gasteiger partial charge in [0, 0.05) is 34.8 Å². The lowest BCUT2D eigenvalue weighted by Crippen LogP contribution is -2.28. The maximum Gasteiger partial charge on any atom is 0.410 e. The molecule has 0 radical (unpaired) electrons. The monoisotopic (exact) mass is 834 g/mol. The van der Waals surface area contributed by atoms with Crippen molar-refractivity contribution in [1.82, 2.24) is 30.5 Å². The fourth-order valence-corrected chi connectivity index (χ4v) is 8.25. The Balaban J connectivity index is 0.000000171. The largest absolute Gasteiger partial charge is 0.502 e. The zero-order valence-electron chi connectivity index (χ0n) is 34.9. The fraction of sp³-hybridized carbons (Fsp3) is 0.340. The second-order valence-electron chi connectivity index (χ2n) is 15.6. The van der Waals surface area contributed by atoms with Crippen molar-refractivity contribution in [2.45, 2.75) is 77.7 Å². The lowest BCUT2D eigenvalue weighted by molar-refractivity contribution is 0.147. The molecular formula is C47H46N8O7. The van der Waals surface area contributed by atoms with Gasteiger partial charge in [-0.2, -0.15) is 9.97 Å². The number of benzene rings is 4. The molecule has 1 saturated heterocycles. The summed E-state index contributed by atoms with van der Waals surface area (Å²) in [7, 11) is 0. The quantitative estimate of drug-likeness (QED) is 0.112. The van der Waals surface area contributed by atoms with Gasteiger partial charge in [-0.05, 0) is 112 Å². The average molecular weight is 835 g/mol. The van der Waals surface area contributed by atoms with Crippen molar-refractivity contribution in [2.75, 3.05) is 26.3 Å². The standard InChI is InChI=1S/C24H22N4O4.C23H24N4O3/c1-14(2)31-21-10-7-15(13-19(21)25-3)23-26-22(27-32-23)18-6-4-5-17-16(18)8-9-20(17)28-11-12-30-24(28)29;1-14(2)29-21-10-7-15(13-20(21)24-3)23-26-22(27-30-23)18-6-4-5-17-16(18)8-9-19(17)25-11-12-28/h4-7,10,13-14,20H,8-9,11-12H2,1-2H3;4-7,10,13-14,19,25,28H,8-9,11-12H2,1-2H3/t20-;19-/m00/s1. The molecule has 62 heavy (non-hydrogen) atoms. The summed E-state index contributed by atoms with van der Waals surface area (Å²) in [5.74, 6) is 2.83. The second kappa shape index (κ2) is 18.3. The Morgan fingerprint density at radius 1 is 0.790 bits per heavy atom. The van der Waals surface area contributed by atoms with Gasteiger partial charge in [0.15, 0.2) is 0 Å². The Kier molecular flexibility index (Phi) is 12.3. The number of hydrogen-bond acceptors (Lipinski definition) is 12. The Morgan fingerprint density at radius 2 is 1.34 bits per heavy atom. The predicted octanol–water partition coefficient (Wildman–Crippen LogP) is 9.49. The maximum absolute atomic E-state index is 12.1. The smallest absolute Gasteiger partial charge is 0.410 e. The molecule has 1 amide bonds. The molecule has 1 aliphatic heterocycles. The first-order valence-corrected chi connectivity index (χ1v) is 20.7. The summed E-state index contributed by atoms with van der Waals surface area (Å²) in [6.45, 7) is 24.3. The van der Waals surface area contributed by atoms with Crippen LogP contribution in [0.1, 0.15) is 74.9 Å². The molecule has 3 heterocycles. The predicted molar refractivity (Wildman–Crippen MR) is 230 cm³/mol. The van der Waals surface area contributed by atoms with Crippen LogP contribution in [0.4, 0.5) is 16.2 Å². The molecule has 0 unspecified atom stereocenters. The minimum Gasteiger partial charge on any atom is -0.502 e. The second-order valence-corrected chi connectivity index (χ2v) is 15.6. The highest BCUT2D eigenvalue weighted by atomic mass is 16.6. The Bertz CT molecular complexity index is 2680. The van der Waals surface area contributed by atoms with E-state index in [1.165, 1.54) is 11.1 Å². The number of aliphatic hydroxyl groups is 1. The highest BCUT2D eigenvalue weighted by Gasteiger charge is 2.36. The van der Waals surface area contributed by atoms with Crippen molar-refractivity contribution in [3.8, 4) is 57.2 Å². The molecule has 2 atom stereocenters. The summed E-state index contributed by atoms with van der Waals surface area (Å²) in [5.41, 5.74) is 8.70. The van der Waals surface area contributed by atoms with Gasteiger partial charge >= 0.3 is 6.09 Å². The molecule has 0 bridgehead atoms. The van der Waals surface area contributed by atoms with Crippen molar-refractivity contribution >= 4 is 17.5 Å². The summed E-state index contributed by atoms with van der Waals surface area (Å²) in [6, 6.07) is 22.9. The van der Waals surface area contributed by atoms with E-state index in [0.29, 0.717) is 77.1 Å². The number of aromatic nitrogens is 4. The molecule has 15 heteroatoms. The van der Waals surface area contributed by atoms with Gasteiger partial charge in [0.05, 0.1) is 44.5 Å². The fourth-order valence-electron chi connectivity index (χ4n) is 8.25. The SMILES string of the molecule is [C-]#[N+]c1cc(-c2nc(-c3cccc4c3CC[C@@H]4N3CCOC3=O)no2)ccc1OC(C)C.[C-]#[N+]c1cc(-c2nc(-c3cccc4c3CC[C@@H]4NCCO)no2)ccc1OC(C)C. The number of hydrogen-bond donors (Lipinski definition) is 2. The van der Waals surface area contributed by atoms with Crippen LogP contribution in [-0.2, 0) is 17.6 Å². The van der Waals surface area contributed by atoms with Crippen LogP contribution in [0.25, 0.3) is 55.4 Å². The molecule has 9 rings (SSSR count). The summed E-state index contributed by atoms with van der Waals surface area (Å²) in [4.78, 5) is 30.2. The molecule has 1 fully saturated rings. The number of cyclic esters (lactones) is 1. The van der Waals surface area contributed by atoms with Crippen LogP contribution < -0.4 is 14.8 Å². The molecule has 6 aromatic rings. The van der Waals surface area contributed by atoms with E-state index in [9.17, 15) is 4.79 Å². The van der Waals surface area contributed by atoms with Crippen LogP contribution in [-0.4, -0.2) is 74.9 Å². The number of carbonyl (C=O) groups is 1. The van der Waals surface area contributed by atoms with Crippen LogP contribution in [0.5, 0.6) is 11.5 Å². The van der Waals surface area contributed by atoms with Crippen molar-refractivity contribution in [2.24, 2.45) is 0 Å². The van der Waals surface area contributed by atoms with Gasteiger partial charge in [-0.25, -0.2) is 14.5 Å². The van der Waals surface area contributed by atoms with E-state index >= 15 is 0 Å². The highest BCUT2D eigenvalue weighted by molar-refractivity contribution is 5.73. The number of ether oxygens (including phenoxy) is 3. The molecule has 316 valence electrons. The Morgan fingerprint density at radius 3 is 1.85 bits per heavy atom. The van der Waals surface area contributed by atoms with Gasteiger partial charge in [0.1, 0.15) is 18.1 Å². The number of fused-ring (bicyclic) bond motifs is 2. The molecule has 15 nitrogen and oxygen atoms in total. The number of rotatable bonds is 12. The van der Waals surface area contributed by atoms with Gasteiger partial charge in [-0.3, -0.25) is 4.90 Å². The van der Waals surface area contributed by atoms with Gasteiger partial charge in [-0.15, -0.1) is 0 Å². The van der Waals surface area contributed by atoms with E-state index in [4.69, 9.17) is 41.5 Å². The number of nitrogens with zero attached hydrogens (tertiary/aromatic N) is 7. The van der Waals surface area contributed by atoms with Gasteiger partial charge in [-0.1, -0.05) is 46.7 Å². The van der Waals surface area contributed by atoms with E-state index in [1.54, 1.807) is 29.2 Å². The van der Waals surface area contributed by atoms with Crippen LogP contribution >= 0.6 is 0 Å². The van der Waals surface area contributed by atoms with Crippen LogP contribution in [0, 0.1) is 13.1 Å². The summed E-state index contributed by atoms with van der Waals surface area (Å²) < 4.78 is 27.6. The first-order chi connectivity index (χ1) is 30.1. The van der Waals surface area contributed by atoms with Crippen molar-refractivity contribution in [1.29, 1.82) is 0 Å². The minimum absolute atomic E-state index is 0.0118. The van der Waals surface area contributed by atoms with Gasteiger partial charge in [0.25, 0.3) is 11.8 Å². The van der Waals surface area contributed by atoms with Gasteiger partial charge in [0.2, 0.25) is 23.0 Å². The molecule has 3 aliphatic rings.